The van der Waals surface area contributed by atoms with Crippen LogP contribution in [0.2, 0.25) is 0 Å². The Bertz CT molecular complexity index is 592. The van der Waals surface area contributed by atoms with E-state index in [4.69, 9.17) is 10.8 Å². The molecule has 0 unspecified atom stereocenters. The fraction of sp³-hybridized carbons (Fsp3) is 0.0909. The lowest BCUT2D eigenvalue weighted by Crippen LogP contribution is -2.01. The second kappa shape index (κ2) is 3.89. The second-order valence-corrected chi connectivity index (χ2v) is 3.57. The third-order valence-electron chi connectivity index (χ3n) is 2.35. The van der Waals surface area contributed by atoms with Gasteiger partial charge in [-0.05, 0) is 24.6 Å². The molecule has 2 aromatic rings. The first-order valence-corrected chi connectivity index (χ1v) is 4.75. The van der Waals surface area contributed by atoms with Gasteiger partial charge in [0.25, 0.3) is 0 Å². The van der Waals surface area contributed by atoms with Crippen LogP contribution in [0.3, 0.4) is 0 Å². The summed E-state index contributed by atoms with van der Waals surface area (Å²) in [5.74, 6) is -1.65. The Labute approximate surface area is 95.6 Å². The normalized spacial score (nSPS) is 10.5. The molecule has 17 heavy (non-hydrogen) atoms. The van der Waals surface area contributed by atoms with Gasteiger partial charge in [-0.2, -0.15) is 0 Å². The highest BCUT2D eigenvalue weighted by atomic mass is 19.1. The topological polar surface area (TPSA) is 89.4 Å². The van der Waals surface area contributed by atoms with Crippen molar-refractivity contribution in [3.05, 3.63) is 35.1 Å². The maximum atomic E-state index is 13.7. The molecule has 0 saturated carbocycles. The van der Waals surface area contributed by atoms with Crippen LogP contribution in [0.5, 0.6) is 0 Å². The minimum atomic E-state index is -1.12. The van der Waals surface area contributed by atoms with Crippen LogP contribution in [0.15, 0.2) is 22.7 Å². The average Bonchev–Trinajstić information content (AvgIpc) is 2.64. The molecule has 0 aliphatic heterocycles. The molecule has 0 bridgehead atoms. The van der Waals surface area contributed by atoms with Gasteiger partial charge in [-0.15, -0.1) is 0 Å². The van der Waals surface area contributed by atoms with Crippen LogP contribution >= 0.6 is 0 Å². The molecule has 3 N–H and O–H groups in total. The lowest BCUT2D eigenvalue weighted by Gasteiger charge is -2.04. The fourth-order valence-electron chi connectivity index (χ4n) is 1.52. The minimum absolute atomic E-state index is 0.0166. The van der Waals surface area contributed by atoms with Crippen LogP contribution in [-0.4, -0.2) is 16.2 Å². The molecule has 1 aromatic heterocycles. The Balaban J connectivity index is 2.62. The van der Waals surface area contributed by atoms with E-state index in [1.54, 1.807) is 0 Å². The number of benzene rings is 1. The third-order valence-corrected chi connectivity index (χ3v) is 2.35. The summed E-state index contributed by atoms with van der Waals surface area (Å²) in [5, 5.41) is 12.5. The summed E-state index contributed by atoms with van der Waals surface area (Å²) in [6.07, 6.45) is 0. The van der Waals surface area contributed by atoms with Crippen LogP contribution in [-0.2, 0) is 0 Å². The number of carboxylic acid groups (broad SMARTS) is 1. The largest absolute Gasteiger partial charge is 0.478 e. The van der Waals surface area contributed by atoms with Gasteiger partial charge in [0.15, 0.2) is 0 Å². The third kappa shape index (κ3) is 1.96. The number of carbonyl (C=O) groups is 1. The first-order valence-electron chi connectivity index (χ1n) is 4.75. The van der Waals surface area contributed by atoms with Gasteiger partial charge in [-0.3, -0.25) is 0 Å². The van der Waals surface area contributed by atoms with Crippen molar-refractivity contribution in [3.8, 4) is 11.3 Å². The van der Waals surface area contributed by atoms with Gasteiger partial charge in [-0.25, -0.2) is 9.18 Å². The van der Waals surface area contributed by atoms with E-state index in [9.17, 15) is 9.18 Å². The van der Waals surface area contributed by atoms with E-state index in [0.29, 0.717) is 5.56 Å². The van der Waals surface area contributed by atoms with Crippen molar-refractivity contribution in [2.45, 2.75) is 6.92 Å². The molecule has 0 aliphatic carbocycles. The van der Waals surface area contributed by atoms with E-state index in [2.05, 4.69) is 9.68 Å². The van der Waals surface area contributed by atoms with Crippen LogP contribution in [0.1, 0.15) is 15.9 Å². The molecule has 0 amide bonds. The van der Waals surface area contributed by atoms with Crippen molar-refractivity contribution >= 4 is 11.9 Å². The summed E-state index contributed by atoms with van der Waals surface area (Å²) in [7, 11) is 0. The quantitative estimate of drug-likeness (QED) is 0.833. The zero-order chi connectivity index (χ0) is 12.6. The van der Waals surface area contributed by atoms with E-state index in [0.717, 1.165) is 6.07 Å². The highest BCUT2D eigenvalue weighted by Crippen LogP contribution is 2.26. The van der Waals surface area contributed by atoms with E-state index in [-0.39, 0.29) is 22.7 Å². The number of aromatic carboxylic acids is 1. The Morgan fingerprint density at radius 2 is 2.18 bits per heavy atom. The average molecular weight is 236 g/mol. The van der Waals surface area contributed by atoms with E-state index in [1.807, 2.05) is 0 Å². The maximum absolute atomic E-state index is 13.7. The summed E-state index contributed by atoms with van der Waals surface area (Å²) in [6, 6.07) is 3.69. The van der Waals surface area contributed by atoms with Gasteiger partial charge >= 0.3 is 5.97 Å². The van der Waals surface area contributed by atoms with Gasteiger partial charge in [0, 0.05) is 11.6 Å². The highest BCUT2D eigenvalue weighted by Gasteiger charge is 2.16. The summed E-state index contributed by atoms with van der Waals surface area (Å²) in [6.45, 7) is 1.52. The Morgan fingerprint density at radius 3 is 2.71 bits per heavy atom. The summed E-state index contributed by atoms with van der Waals surface area (Å²) >= 11 is 0. The molecule has 0 saturated heterocycles. The van der Waals surface area contributed by atoms with Crippen molar-refractivity contribution in [1.82, 2.24) is 5.16 Å². The van der Waals surface area contributed by atoms with Crippen molar-refractivity contribution in [1.29, 1.82) is 0 Å². The number of hydrogen-bond acceptors (Lipinski definition) is 4. The molecular formula is C11H9FN2O3. The Hall–Kier alpha value is -2.37. The van der Waals surface area contributed by atoms with Gasteiger partial charge < -0.3 is 15.4 Å². The summed E-state index contributed by atoms with van der Waals surface area (Å²) in [5.41, 5.74) is 5.90. The first kappa shape index (κ1) is 11.1. The number of hydrogen-bond donors (Lipinski definition) is 2. The zero-order valence-electron chi connectivity index (χ0n) is 8.90. The molecule has 0 aliphatic rings. The smallest absolute Gasteiger partial charge is 0.335 e. The molecule has 1 heterocycles. The number of nitrogens with two attached hydrogens (primary N) is 1. The summed E-state index contributed by atoms with van der Waals surface area (Å²) < 4.78 is 18.3. The molecule has 2 rings (SSSR count). The standard InChI is InChI=1S/C11H9FN2O3/c1-5-2-8(12)7(3-6(5)11(15)16)9-4-10(13)17-14-9/h2-4H,13H2,1H3,(H,15,16). The lowest BCUT2D eigenvalue weighted by molar-refractivity contribution is 0.0696. The van der Waals surface area contributed by atoms with Crippen LogP contribution in [0.25, 0.3) is 11.3 Å². The predicted octanol–water partition coefficient (Wildman–Crippen LogP) is 2.07. The number of halogens is 1. The van der Waals surface area contributed by atoms with Crippen LogP contribution in [0, 0.1) is 12.7 Å². The SMILES string of the molecule is Cc1cc(F)c(-c2cc(N)on2)cc1C(=O)O. The van der Waals surface area contributed by atoms with Gasteiger partial charge in [0.1, 0.15) is 11.5 Å². The van der Waals surface area contributed by atoms with Crippen molar-refractivity contribution in [3.63, 3.8) is 0 Å². The molecule has 0 radical (unpaired) electrons. The molecular weight excluding hydrogens is 227 g/mol. The van der Waals surface area contributed by atoms with Gasteiger partial charge in [-0.1, -0.05) is 5.16 Å². The number of anilines is 1. The fourth-order valence-corrected chi connectivity index (χ4v) is 1.52. The van der Waals surface area contributed by atoms with E-state index < -0.39 is 11.8 Å². The number of nitrogens with zero attached hydrogens (tertiary/aromatic N) is 1. The van der Waals surface area contributed by atoms with Gasteiger partial charge in [0.05, 0.1) is 5.56 Å². The first-order chi connectivity index (χ1) is 7.99. The number of carboxylic acids is 1. The van der Waals surface area contributed by atoms with E-state index >= 15 is 0 Å². The number of rotatable bonds is 2. The maximum Gasteiger partial charge on any atom is 0.335 e. The van der Waals surface area contributed by atoms with Gasteiger partial charge in [0.2, 0.25) is 5.88 Å². The minimum Gasteiger partial charge on any atom is -0.478 e. The monoisotopic (exact) mass is 236 g/mol. The Kier molecular flexibility index (Phi) is 2.55. The number of aromatic nitrogens is 1. The number of aryl methyl sites for hydroxylation is 1. The van der Waals surface area contributed by atoms with Crippen molar-refractivity contribution < 1.29 is 18.8 Å². The Morgan fingerprint density at radius 1 is 1.47 bits per heavy atom. The predicted molar refractivity (Wildman–Crippen MR) is 58.0 cm³/mol. The molecule has 6 heteroatoms. The molecule has 1 aromatic carbocycles. The molecule has 88 valence electrons. The molecule has 0 fully saturated rings. The number of nitrogen functional groups attached to an aromatic ring is 1. The van der Waals surface area contributed by atoms with E-state index in [1.165, 1.54) is 19.1 Å². The van der Waals surface area contributed by atoms with Crippen molar-refractivity contribution in [2.24, 2.45) is 0 Å². The highest BCUT2D eigenvalue weighted by molar-refractivity contribution is 5.91. The van der Waals surface area contributed by atoms with Crippen LogP contribution in [0.4, 0.5) is 10.3 Å². The zero-order valence-corrected chi connectivity index (χ0v) is 8.90. The summed E-state index contributed by atoms with van der Waals surface area (Å²) in [4.78, 5) is 10.9. The molecule has 5 nitrogen and oxygen atoms in total. The second-order valence-electron chi connectivity index (χ2n) is 3.57. The molecule has 0 spiro atoms. The lowest BCUT2D eigenvalue weighted by atomic mass is 10.0. The molecule has 0 atom stereocenters. The van der Waals surface area contributed by atoms with Crippen LogP contribution < -0.4 is 5.73 Å². The van der Waals surface area contributed by atoms with Crippen molar-refractivity contribution in [2.75, 3.05) is 5.73 Å².